The van der Waals surface area contributed by atoms with Gasteiger partial charge in [-0.2, -0.15) is 5.10 Å². The molecule has 0 unspecified atom stereocenters. The number of amides is 1. The largest absolute Gasteiger partial charge is 0.356 e. The summed E-state index contributed by atoms with van der Waals surface area (Å²) in [5.41, 5.74) is 1.02. The fraction of sp³-hybridized carbons (Fsp3) is 0.615. The summed E-state index contributed by atoms with van der Waals surface area (Å²) in [6.07, 6.45) is 2.74. The van der Waals surface area contributed by atoms with Crippen LogP contribution in [0.15, 0.2) is 17.3 Å². The van der Waals surface area contributed by atoms with Gasteiger partial charge in [0, 0.05) is 33.9 Å². The molecule has 21 heavy (non-hydrogen) atoms. The maximum atomic E-state index is 11.6. The number of aryl methyl sites for hydroxylation is 1. The Kier molecular flexibility index (Phi) is 9.76. The Morgan fingerprint density at radius 3 is 2.67 bits per heavy atom. The van der Waals surface area contributed by atoms with Crippen molar-refractivity contribution in [2.75, 3.05) is 27.2 Å². The average Bonchev–Trinajstić information content (AvgIpc) is 2.83. The summed E-state index contributed by atoms with van der Waals surface area (Å²) in [5, 5.41) is 10.3. The van der Waals surface area contributed by atoms with Crippen molar-refractivity contribution in [1.82, 2.24) is 25.3 Å². The third kappa shape index (κ3) is 7.30. The van der Waals surface area contributed by atoms with Gasteiger partial charge in [-0.3, -0.25) is 9.48 Å². The number of rotatable bonds is 6. The molecule has 0 saturated heterocycles. The minimum absolute atomic E-state index is 0. The molecule has 0 aliphatic heterocycles. The number of nitrogens with one attached hydrogen (secondary N) is 2. The third-order valence-electron chi connectivity index (χ3n) is 2.77. The summed E-state index contributed by atoms with van der Waals surface area (Å²) in [6.45, 7) is 3.64. The normalized spacial score (nSPS) is 10.8. The molecule has 0 spiro atoms. The zero-order valence-electron chi connectivity index (χ0n) is 13.1. The maximum Gasteiger partial charge on any atom is 0.241 e. The fourth-order valence-corrected chi connectivity index (χ4v) is 1.45. The molecule has 1 amide bonds. The van der Waals surface area contributed by atoms with Crippen LogP contribution in [0.2, 0.25) is 0 Å². The molecule has 7 nitrogen and oxygen atoms in total. The van der Waals surface area contributed by atoms with E-state index in [-0.39, 0.29) is 36.4 Å². The van der Waals surface area contributed by atoms with E-state index in [0.717, 1.165) is 18.7 Å². The Balaban J connectivity index is 0.00000400. The Bertz CT molecular complexity index is 457. The van der Waals surface area contributed by atoms with Crippen LogP contribution in [0, 0.1) is 0 Å². The van der Waals surface area contributed by atoms with Crippen molar-refractivity contribution in [3.63, 3.8) is 0 Å². The number of hydrogen-bond donors (Lipinski definition) is 2. The SMILES string of the molecule is CCCNC(=NCc1ccnn1C)NCC(=O)N(C)C.I. The minimum Gasteiger partial charge on any atom is -0.356 e. The molecule has 1 rings (SSSR count). The molecule has 8 heteroatoms. The number of aliphatic imine (C=N–C) groups is 1. The predicted molar refractivity (Wildman–Crippen MR) is 94.8 cm³/mol. The highest BCUT2D eigenvalue weighted by molar-refractivity contribution is 14.0. The lowest BCUT2D eigenvalue weighted by Gasteiger charge is -2.14. The summed E-state index contributed by atoms with van der Waals surface area (Å²) in [6, 6.07) is 1.92. The first kappa shape index (κ1) is 19.7. The number of aromatic nitrogens is 2. The molecule has 1 heterocycles. The predicted octanol–water partition coefficient (Wildman–Crippen LogP) is 0.571. The first-order valence-corrected chi connectivity index (χ1v) is 6.73. The first-order chi connectivity index (χ1) is 9.54. The number of carbonyl (C=O) groups excluding carboxylic acids is 1. The number of hydrogen-bond acceptors (Lipinski definition) is 3. The Labute approximate surface area is 143 Å². The van der Waals surface area contributed by atoms with Gasteiger partial charge in [0.15, 0.2) is 5.96 Å². The Hall–Kier alpha value is -1.32. The van der Waals surface area contributed by atoms with Crippen LogP contribution in [-0.2, 0) is 18.4 Å². The van der Waals surface area contributed by atoms with Gasteiger partial charge in [-0.25, -0.2) is 4.99 Å². The average molecular weight is 408 g/mol. The van der Waals surface area contributed by atoms with Crippen molar-refractivity contribution in [2.45, 2.75) is 19.9 Å². The second-order valence-electron chi connectivity index (χ2n) is 4.68. The number of likely N-dealkylation sites (N-methyl/N-ethyl adjacent to an activating group) is 1. The van der Waals surface area contributed by atoms with Crippen LogP contribution < -0.4 is 10.6 Å². The van der Waals surface area contributed by atoms with Gasteiger partial charge in [0.25, 0.3) is 0 Å². The van der Waals surface area contributed by atoms with Gasteiger partial charge in [0.1, 0.15) is 0 Å². The van der Waals surface area contributed by atoms with Gasteiger partial charge in [-0.15, -0.1) is 24.0 Å². The molecule has 0 radical (unpaired) electrons. The summed E-state index contributed by atoms with van der Waals surface area (Å²) in [5.74, 6) is 0.653. The van der Waals surface area contributed by atoms with Gasteiger partial charge in [-0.1, -0.05) is 6.92 Å². The molecular weight excluding hydrogens is 383 g/mol. The highest BCUT2D eigenvalue weighted by atomic mass is 127. The van der Waals surface area contributed by atoms with Crippen molar-refractivity contribution in [1.29, 1.82) is 0 Å². The summed E-state index contributed by atoms with van der Waals surface area (Å²) >= 11 is 0. The van der Waals surface area contributed by atoms with Crippen molar-refractivity contribution in [3.05, 3.63) is 18.0 Å². The molecule has 120 valence electrons. The molecular formula is C13H25IN6O. The highest BCUT2D eigenvalue weighted by Gasteiger charge is 2.05. The van der Waals surface area contributed by atoms with E-state index in [1.165, 1.54) is 0 Å². The van der Waals surface area contributed by atoms with E-state index in [9.17, 15) is 4.79 Å². The van der Waals surface area contributed by atoms with E-state index in [1.807, 2.05) is 13.1 Å². The van der Waals surface area contributed by atoms with Crippen LogP contribution in [-0.4, -0.2) is 53.7 Å². The smallest absolute Gasteiger partial charge is 0.241 e. The quantitative estimate of drug-likeness (QED) is 0.410. The zero-order valence-corrected chi connectivity index (χ0v) is 15.4. The van der Waals surface area contributed by atoms with E-state index in [0.29, 0.717) is 12.5 Å². The lowest BCUT2D eigenvalue weighted by molar-refractivity contribution is -0.127. The van der Waals surface area contributed by atoms with Gasteiger partial charge < -0.3 is 15.5 Å². The van der Waals surface area contributed by atoms with Crippen molar-refractivity contribution in [2.24, 2.45) is 12.0 Å². The van der Waals surface area contributed by atoms with Crippen LogP contribution in [0.1, 0.15) is 19.0 Å². The number of halogens is 1. The van der Waals surface area contributed by atoms with E-state index >= 15 is 0 Å². The molecule has 0 aromatic carbocycles. The van der Waals surface area contributed by atoms with E-state index in [1.54, 1.807) is 29.9 Å². The topological polar surface area (TPSA) is 74.5 Å². The second kappa shape index (κ2) is 10.4. The lowest BCUT2D eigenvalue weighted by atomic mass is 10.4. The third-order valence-corrected chi connectivity index (χ3v) is 2.77. The first-order valence-electron chi connectivity index (χ1n) is 6.73. The second-order valence-corrected chi connectivity index (χ2v) is 4.68. The monoisotopic (exact) mass is 408 g/mol. The Morgan fingerprint density at radius 1 is 1.43 bits per heavy atom. The molecule has 1 aromatic heterocycles. The van der Waals surface area contributed by atoms with E-state index in [2.05, 4.69) is 27.6 Å². The van der Waals surface area contributed by atoms with Crippen LogP contribution >= 0.6 is 24.0 Å². The lowest BCUT2D eigenvalue weighted by Crippen LogP contribution is -2.43. The van der Waals surface area contributed by atoms with Crippen molar-refractivity contribution < 1.29 is 4.79 Å². The van der Waals surface area contributed by atoms with Gasteiger partial charge in [-0.05, 0) is 12.5 Å². The molecule has 0 bridgehead atoms. The molecule has 0 aliphatic carbocycles. The Morgan fingerprint density at radius 2 is 2.14 bits per heavy atom. The van der Waals surface area contributed by atoms with Crippen molar-refractivity contribution in [3.8, 4) is 0 Å². The molecule has 0 aliphatic rings. The van der Waals surface area contributed by atoms with Crippen LogP contribution in [0.5, 0.6) is 0 Å². The summed E-state index contributed by atoms with van der Waals surface area (Å²) in [7, 11) is 5.35. The van der Waals surface area contributed by atoms with Gasteiger partial charge in [0.2, 0.25) is 5.91 Å². The van der Waals surface area contributed by atoms with Crippen LogP contribution in [0.4, 0.5) is 0 Å². The number of guanidine groups is 1. The summed E-state index contributed by atoms with van der Waals surface area (Å²) < 4.78 is 1.78. The fourth-order valence-electron chi connectivity index (χ4n) is 1.45. The van der Waals surface area contributed by atoms with Crippen LogP contribution in [0.25, 0.3) is 0 Å². The van der Waals surface area contributed by atoms with Crippen LogP contribution in [0.3, 0.4) is 0 Å². The highest BCUT2D eigenvalue weighted by Crippen LogP contribution is 1.98. The zero-order chi connectivity index (χ0) is 15.0. The molecule has 1 aromatic rings. The summed E-state index contributed by atoms with van der Waals surface area (Å²) in [4.78, 5) is 17.6. The number of carbonyl (C=O) groups is 1. The molecule has 0 saturated carbocycles. The molecule has 0 fully saturated rings. The van der Waals surface area contributed by atoms with Gasteiger partial charge >= 0.3 is 0 Å². The maximum absolute atomic E-state index is 11.6. The van der Waals surface area contributed by atoms with E-state index in [4.69, 9.17) is 0 Å². The molecule has 0 atom stereocenters. The van der Waals surface area contributed by atoms with E-state index < -0.39 is 0 Å². The molecule has 2 N–H and O–H groups in total. The van der Waals surface area contributed by atoms with Crippen molar-refractivity contribution >= 4 is 35.8 Å². The van der Waals surface area contributed by atoms with Gasteiger partial charge in [0.05, 0.1) is 18.8 Å². The number of nitrogens with zero attached hydrogens (tertiary/aromatic N) is 4. The minimum atomic E-state index is 0. The standard InChI is InChI=1S/C13H24N6O.HI/c1-5-7-14-13(16-10-12(20)18(2)3)15-9-11-6-8-17-19(11)4;/h6,8H,5,7,9-10H2,1-4H3,(H2,14,15,16);1H.